The molecular weight excluding hydrogens is 298 g/mol. The molecule has 3 aromatic rings. The summed E-state index contributed by atoms with van der Waals surface area (Å²) >= 11 is 0. The molecule has 0 atom stereocenters. The minimum Gasteiger partial charge on any atom is -0.324 e. The Balaban J connectivity index is 1.89. The van der Waals surface area contributed by atoms with Gasteiger partial charge in [-0.3, -0.25) is 4.79 Å². The van der Waals surface area contributed by atoms with Crippen molar-refractivity contribution in [3.05, 3.63) is 58.4 Å². The second kappa shape index (κ2) is 6.11. The van der Waals surface area contributed by atoms with Gasteiger partial charge in [-0.1, -0.05) is 12.1 Å². The summed E-state index contributed by atoms with van der Waals surface area (Å²) in [6.07, 6.45) is 0. The molecule has 0 fully saturated rings. The van der Waals surface area contributed by atoms with Crippen LogP contribution in [0, 0.1) is 34.6 Å². The van der Waals surface area contributed by atoms with Gasteiger partial charge in [0.25, 0.3) is 0 Å². The fourth-order valence-electron chi connectivity index (χ4n) is 2.90. The molecule has 4 nitrogen and oxygen atoms in total. The highest BCUT2D eigenvalue weighted by Crippen LogP contribution is 2.21. The van der Waals surface area contributed by atoms with Gasteiger partial charge in [-0.15, -0.1) is 0 Å². The summed E-state index contributed by atoms with van der Waals surface area (Å²) in [6, 6.07) is 10.3. The predicted molar refractivity (Wildman–Crippen MR) is 98.5 cm³/mol. The van der Waals surface area contributed by atoms with Gasteiger partial charge in [0.1, 0.15) is 12.4 Å². The maximum absolute atomic E-state index is 12.5. The molecule has 2 aromatic carbocycles. The molecule has 0 aliphatic rings. The first-order valence-electron chi connectivity index (χ1n) is 8.16. The van der Waals surface area contributed by atoms with E-state index in [2.05, 4.69) is 36.3 Å². The van der Waals surface area contributed by atoms with Crippen LogP contribution >= 0.6 is 0 Å². The quantitative estimate of drug-likeness (QED) is 0.785. The van der Waals surface area contributed by atoms with Crippen LogP contribution in [0.1, 0.15) is 28.1 Å². The van der Waals surface area contributed by atoms with E-state index in [-0.39, 0.29) is 12.5 Å². The third-order valence-corrected chi connectivity index (χ3v) is 4.52. The van der Waals surface area contributed by atoms with Gasteiger partial charge in [0.15, 0.2) is 0 Å². The highest BCUT2D eigenvalue weighted by atomic mass is 16.1. The molecule has 1 amide bonds. The molecule has 0 spiro atoms. The number of nitrogens with one attached hydrogen (secondary N) is 1. The van der Waals surface area contributed by atoms with E-state index in [4.69, 9.17) is 0 Å². The van der Waals surface area contributed by atoms with Crippen LogP contribution in [0.2, 0.25) is 0 Å². The highest BCUT2D eigenvalue weighted by molar-refractivity contribution is 5.92. The SMILES string of the molecule is Cc1ccc(C)c(NC(=O)Cn2c(C)nc3cc(C)c(C)cc32)c1. The minimum absolute atomic E-state index is 0.0377. The fourth-order valence-corrected chi connectivity index (χ4v) is 2.90. The van der Waals surface area contributed by atoms with Crippen LogP contribution in [0.3, 0.4) is 0 Å². The normalized spacial score (nSPS) is 11.0. The topological polar surface area (TPSA) is 46.9 Å². The number of imidazole rings is 1. The van der Waals surface area contributed by atoms with Crippen molar-refractivity contribution >= 4 is 22.6 Å². The lowest BCUT2D eigenvalue weighted by molar-refractivity contribution is -0.116. The molecule has 0 aliphatic heterocycles. The zero-order valence-electron chi connectivity index (χ0n) is 14.9. The minimum atomic E-state index is -0.0377. The predicted octanol–water partition coefficient (Wildman–Crippen LogP) is 4.22. The molecule has 1 heterocycles. The van der Waals surface area contributed by atoms with E-state index in [0.717, 1.165) is 33.7 Å². The second-order valence-corrected chi connectivity index (χ2v) is 6.54. The summed E-state index contributed by atoms with van der Waals surface area (Å²) in [7, 11) is 0. The van der Waals surface area contributed by atoms with Crippen LogP contribution in [-0.2, 0) is 11.3 Å². The van der Waals surface area contributed by atoms with Crippen molar-refractivity contribution < 1.29 is 4.79 Å². The fraction of sp³-hybridized carbons (Fsp3) is 0.300. The summed E-state index contributed by atoms with van der Waals surface area (Å²) in [5.74, 6) is 0.815. The van der Waals surface area contributed by atoms with Crippen molar-refractivity contribution in [3.8, 4) is 0 Å². The van der Waals surface area contributed by atoms with Crippen molar-refractivity contribution in [2.24, 2.45) is 0 Å². The average Bonchev–Trinajstić information content (AvgIpc) is 2.79. The smallest absolute Gasteiger partial charge is 0.244 e. The summed E-state index contributed by atoms with van der Waals surface area (Å²) in [5, 5.41) is 3.02. The van der Waals surface area contributed by atoms with E-state index in [1.54, 1.807) is 0 Å². The van der Waals surface area contributed by atoms with E-state index < -0.39 is 0 Å². The van der Waals surface area contributed by atoms with Crippen LogP contribution < -0.4 is 5.32 Å². The maximum atomic E-state index is 12.5. The zero-order valence-corrected chi connectivity index (χ0v) is 14.9. The number of aryl methyl sites for hydroxylation is 5. The molecule has 124 valence electrons. The van der Waals surface area contributed by atoms with Crippen LogP contribution in [0.4, 0.5) is 5.69 Å². The number of aromatic nitrogens is 2. The number of amides is 1. The summed E-state index contributed by atoms with van der Waals surface area (Å²) in [6.45, 7) is 10.4. The third-order valence-electron chi connectivity index (χ3n) is 4.52. The van der Waals surface area contributed by atoms with E-state index in [9.17, 15) is 4.79 Å². The Hall–Kier alpha value is -2.62. The number of benzene rings is 2. The second-order valence-electron chi connectivity index (χ2n) is 6.54. The number of nitrogens with zero attached hydrogens (tertiary/aromatic N) is 2. The molecule has 0 saturated heterocycles. The van der Waals surface area contributed by atoms with Crippen LogP contribution in [0.5, 0.6) is 0 Å². The molecule has 0 saturated carbocycles. The molecule has 0 bridgehead atoms. The number of hydrogen-bond donors (Lipinski definition) is 1. The van der Waals surface area contributed by atoms with Crippen molar-refractivity contribution in [1.29, 1.82) is 0 Å². The van der Waals surface area contributed by atoms with Gasteiger partial charge in [-0.2, -0.15) is 0 Å². The van der Waals surface area contributed by atoms with Gasteiger partial charge in [-0.05, 0) is 75.1 Å². The third kappa shape index (κ3) is 3.04. The largest absolute Gasteiger partial charge is 0.324 e. The van der Waals surface area contributed by atoms with Crippen LogP contribution in [0.15, 0.2) is 30.3 Å². The van der Waals surface area contributed by atoms with Gasteiger partial charge in [-0.25, -0.2) is 4.98 Å². The highest BCUT2D eigenvalue weighted by Gasteiger charge is 2.13. The molecule has 1 aromatic heterocycles. The number of fused-ring (bicyclic) bond motifs is 1. The lowest BCUT2D eigenvalue weighted by atomic mass is 10.1. The van der Waals surface area contributed by atoms with Crippen LogP contribution in [-0.4, -0.2) is 15.5 Å². The van der Waals surface area contributed by atoms with Gasteiger partial charge >= 0.3 is 0 Å². The molecular formula is C20H23N3O. The monoisotopic (exact) mass is 321 g/mol. The Morgan fingerprint density at radius 1 is 1.00 bits per heavy atom. The summed E-state index contributed by atoms with van der Waals surface area (Å²) < 4.78 is 1.97. The number of carbonyl (C=O) groups excluding carboxylic acids is 1. The molecule has 24 heavy (non-hydrogen) atoms. The Morgan fingerprint density at radius 2 is 1.71 bits per heavy atom. The van der Waals surface area contributed by atoms with Gasteiger partial charge < -0.3 is 9.88 Å². The van der Waals surface area contributed by atoms with Crippen molar-refractivity contribution in [1.82, 2.24) is 9.55 Å². The molecule has 0 unspecified atom stereocenters. The number of carbonyl (C=O) groups is 1. The number of anilines is 1. The summed E-state index contributed by atoms with van der Waals surface area (Å²) in [5.41, 5.74) is 7.43. The Labute approximate surface area is 142 Å². The molecule has 0 aliphatic carbocycles. The molecule has 1 N–H and O–H groups in total. The van der Waals surface area contributed by atoms with Crippen molar-refractivity contribution in [3.63, 3.8) is 0 Å². The Bertz CT molecular complexity index is 938. The summed E-state index contributed by atoms with van der Waals surface area (Å²) in [4.78, 5) is 17.1. The molecule has 3 rings (SSSR count). The van der Waals surface area contributed by atoms with Gasteiger partial charge in [0.05, 0.1) is 11.0 Å². The molecule has 4 heteroatoms. The lowest BCUT2D eigenvalue weighted by Crippen LogP contribution is -2.20. The lowest BCUT2D eigenvalue weighted by Gasteiger charge is -2.11. The average molecular weight is 321 g/mol. The first-order chi connectivity index (χ1) is 11.3. The number of hydrogen-bond acceptors (Lipinski definition) is 2. The van der Waals surface area contributed by atoms with Gasteiger partial charge in [0, 0.05) is 5.69 Å². The van der Waals surface area contributed by atoms with E-state index in [1.165, 1.54) is 11.1 Å². The van der Waals surface area contributed by atoms with E-state index >= 15 is 0 Å². The van der Waals surface area contributed by atoms with Crippen LogP contribution in [0.25, 0.3) is 11.0 Å². The zero-order chi connectivity index (χ0) is 17.4. The standard InChI is InChI=1S/C20H23N3O/c1-12-6-7-13(2)17(8-12)22-20(24)11-23-16(5)21-18-9-14(3)15(4)10-19(18)23/h6-10H,11H2,1-5H3,(H,22,24). The van der Waals surface area contributed by atoms with E-state index in [1.807, 2.05) is 43.5 Å². The first kappa shape index (κ1) is 16.2. The van der Waals surface area contributed by atoms with E-state index in [0.29, 0.717) is 0 Å². The van der Waals surface area contributed by atoms with Crippen molar-refractivity contribution in [2.45, 2.75) is 41.2 Å². The first-order valence-corrected chi connectivity index (χ1v) is 8.16. The maximum Gasteiger partial charge on any atom is 0.244 e. The number of rotatable bonds is 3. The van der Waals surface area contributed by atoms with Crippen molar-refractivity contribution in [2.75, 3.05) is 5.32 Å². The molecule has 0 radical (unpaired) electrons. The Kier molecular flexibility index (Phi) is 4.14. The Morgan fingerprint density at radius 3 is 2.46 bits per heavy atom. The van der Waals surface area contributed by atoms with Gasteiger partial charge in [0.2, 0.25) is 5.91 Å².